The van der Waals surface area contributed by atoms with Gasteiger partial charge in [0.25, 0.3) is 0 Å². The first-order chi connectivity index (χ1) is 22.3. The summed E-state index contributed by atoms with van der Waals surface area (Å²) in [6.45, 7) is 9.67. The summed E-state index contributed by atoms with van der Waals surface area (Å²) in [5, 5.41) is 21.9. The Morgan fingerprint density at radius 3 is 2.33 bits per heavy atom. The van der Waals surface area contributed by atoms with Gasteiger partial charge in [0.1, 0.15) is 11.6 Å². The lowest BCUT2D eigenvalue weighted by molar-refractivity contribution is -0.105. The van der Waals surface area contributed by atoms with Crippen LogP contribution >= 0.6 is 11.6 Å². The molecule has 1 atom stereocenters. The molecule has 1 aromatic heterocycles. The summed E-state index contributed by atoms with van der Waals surface area (Å²) in [6.07, 6.45) is 8.23. The molecular formula is C35H48ClFN6O3. The van der Waals surface area contributed by atoms with Crippen LogP contribution < -0.4 is 16.4 Å². The van der Waals surface area contributed by atoms with Gasteiger partial charge in [-0.15, -0.1) is 0 Å². The molecule has 1 unspecified atom stereocenters. The average molecular weight is 655 g/mol. The number of aliphatic hydroxyl groups excluding tert-OH is 1. The zero-order chi connectivity index (χ0) is 34.5. The normalized spacial score (nSPS) is 14.0. The van der Waals surface area contributed by atoms with E-state index in [1.54, 1.807) is 47.4 Å². The number of anilines is 2. The van der Waals surface area contributed by atoms with Crippen LogP contribution in [0.25, 0.3) is 0 Å². The molecule has 1 aliphatic carbocycles. The molecule has 0 bridgehead atoms. The fourth-order valence-corrected chi connectivity index (χ4v) is 4.81. The highest BCUT2D eigenvalue weighted by Gasteiger charge is 2.33. The third-order valence-electron chi connectivity index (χ3n) is 7.20. The van der Waals surface area contributed by atoms with E-state index >= 15 is 0 Å². The van der Waals surface area contributed by atoms with Crippen molar-refractivity contribution in [2.75, 3.05) is 30.8 Å². The van der Waals surface area contributed by atoms with Crippen LogP contribution in [0.2, 0.25) is 5.02 Å². The van der Waals surface area contributed by atoms with Crippen molar-refractivity contribution in [3.05, 3.63) is 88.3 Å². The van der Waals surface area contributed by atoms with Crippen LogP contribution in [-0.2, 0) is 10.3 Å². The summed E-state index contributed by atoms with van der Waals surface area (Å²) in [5.74, 6) is 0.720. The molecule has 2 aromatic carbocycles. The lowest BCUT2D eigenvalue weighted by Gasteiger charge is -2.31. The van der Waals surface area contributed by atoms with E-state index in [1.807, 2.05) is 33.8 Å². The first-order valence-electron chi connectivity index (χ1n) is 15.7. The number of hydrogen-bond acceptors (Lipinski definition) is 6. The number of carbonyl (C=O) groups is 2. The van der Waals surface area contributed by atoms with Gasteiger partial charge in [-0.2, -0.15) is 5.26 Å². The van der Waals surface area contributed by atoms with E-state index in [-0.39, 0.29) is 11.7 Å². The number of carbonyl (C=O) groups excluding carboxylic acids is 2. The maximum atomic E-state index is 13.9. The molecule has 0 radical (unpaired) electrons. The summed E-state index contributed by atoms with van der Waals surface area (Å²) in [7, 11) is 1.00. The molecule has 5 rings (SSSR count). The molecule has 3 amide bonds. The number of nitrogens with one attached hydrogen (secondary N) is 2. The fourth-order valence-electron chi connectivity index (χ4n) is 4.70. The topological polar surface area (TPSA) is 144 Å². The Morgan fingerprint density at radius 1 is 1.11 bits per heavy atom. The molecule has 5 N–H and O–H groups in total. The molecule has 0 spiro atoms. The second-order valence-electron chi connectivity index (χ2n) is 10.1. The molecule has 1 saturated carbocycles. The van der Waals surface area contributed by atoms with Crippen molar-refractivity contribution in [1.29, 1.82) is 5.26 Å². The molecule has 2 fully saturated rings. The highest BCUT2D eigenvalue weighted by atomic mass is 35.5. The van der Waals surface area contributed by atoms with Crippen LogP contribution in [0, 0.1) is 23.1 Å². The summed E-state index contributed by atoms with van der Waals surface area (Å²) in [6, 6.07) is 17.2. The van der Waals surface area contributed by atoms with Gasteiger partial charge in [0.05, 0.1) is 27.9 Å². The predicted molar refractivity (Wildman–Crippen MR) is 184 cm³/mol. The highest BCUT2D eigenvalue weighted by Crippen LogP contribution is 2.40. The second kappa shape index (κ2) is 21.7. The molecule has 11 heteroatoms. The van der Waals surface area contributed by atoms with Gasteiger partial charge in [0.15, 0.2) is 0 Å². The van der Waals surface area contributed by atoms with Gasteiger partial charge in [-0.05, 0) is 79.1 Å². The smallest absolute Gasteiger partial charge is 0.323 e. The van der Waals surface area contributed by atoms with E-state index in [1.165, 1.54) is 25.1 Å². The minimum Gasteiger partial charge on any atom is -0.400 e. The number of rotatable bonds is 8. The average Bonchev–Trinajstić information content (AvgIpc) is 3.78. The molecule has 9 nitrogen and oxygen atoms in total. The molecule has 2 aliphatic rings. The molecule has 3 aromatic rings. The lowest BCUT2D eigenvalue weighted by Crippen LogP contribution is -2.38. The zero-order valence-corrected chi connectivity index (χ0v) is 28.3. The van der Waals surface area contributed by atoms with Crippen LogP contribution in [0.3, 0.4) is 0 Å². The van der Waals surface area contributed by atoms with Gasteiger partial charge in [-0.25, -0.2) is 14.2 Å². The number of pyridine rings is 1. The number of aliphatic hydroxyl groups is 1. The molecule has 250 valence electrons. The second-order valence-corrected chi connectivity index (χ2v) is 10.5. The standard InChI is InChI=1S/C20H20FN3O.C10H12ClN3O.2C2H6.CH4O/c21-18-7-6-17(11-19(18)24-13-25)20(23,9-8-14-4-5-14)16-3-1-2-15(10-16)12-22;11-8-3-4-9(12-7-8)13-10(15)14-5-1-2-6-14;3*1-2/h1-3,6-7,10-11,13-14H,4-5,8-9,23H2,(H,24,25);3-4,7H,1-2,5-6H2,(H,12,13,15);2*1-2H3;2H,1H3. The number of hydrogen-bond donors (Lipinski definition) is 4. The van der Waals surface area contributed by atoms with Crippen molar-refractivity contribution in [3.8, 4) is 6.07 Å². The maximum Gasteiger partial charge on any atom is 0.323 e. The van der Waals surface area contributed by atoms with Gasteiger partial charge in [-0.3, -0.25) is 10.1 Å². The van der Waals surface area contributed by atoms with Crippen molar-refractivity contribution in [1.82, 2.24) is 9.88 Å². The van der Waals surface area contributed by atoms with Crippen molar-refractivity contribution in [2.24, 2.45) is 11.7 Å². The first-order valence-corrected chi connectivity index (χ1v) is 16.1. The Labute approximate surface area is 278 Å². The summed E-state index contributed by atoms with van der Waals surface area (Å²) < 4.78 is 13.9. The van der Waals surface area contributed by atoms with Gasteiger partial charge in [-0.1, -0.05) is 70.3 Å². The van der Waals surface area contributed by atoms with E-state index in [4.69, 9.17) is 22.4 Å². The highest BCUT2D eigenvalue weighted by molar-refractivity contribution is 6.30. The monoisotopic (exact) mass is 654 g/mol. The van der Waals surface area contributed by atoms with Gasteiger partial charge in [0, 0.05) is 26.4 Å². The van der Waals surface area contributed by atoms with E-state index in [9.17, 15) is 19.2 Å². The van der Waals surface area contributed by atoms with Crippen molar-refractivity contribution in [3.63, 3.8) is 0 Å². The lowest BCUT2D eigenvalue weighted by atomic mass is 9.79. The number of urea groups is 1. The van der Waals surface area contributed by atoms with Crippen LogP contribution in [0.1, 0.15) is 82.9 Å². The number of likely N-dealkylation sites (tertiary alicyclic amines) is 1. The van der Waals surface area contributed by atoms with Crippen LogP contribution in [0.4, 0.5) is 20.7 Å². The van der Waals surface area contributed by atoms with Crippen LogP contribution in [0.15, 0.2) is 60.8 Å². The molecular weight excluding hydrogens is 607 g/mol. The number of nitrogens with zero attached hydrogens (tertiary/aromatic N) is 3. The quantitative estimate of drug-likeness (QED) is 0.183. The number of nitriles is 1. The Morgan fingerprint density at radius 2 is 1.76 bits per heavy atom. The minimum absolute atomic E-state index is 0.0812. The Bertz CT molecular complexity index is 1380. The minimum atomic E-state index is -0.845. The van der Waals surface area contributed by atoms with E-state index in [2.05, 4.69) is 21.7 Å². The third kappa shape index (κ3) is 12.4. The molecule has 46 heavy (non-hydrogen) atoms. The van der Waals surface area contributed by atoms with Gasteiger partial charge < -0.3 is 21.1 Å². The molecule has 2 heterocycles. The predicted octanol–water partition coefficient (Wildman–Crippen LogP) is 7.68. The van der Waals surface area contributed by atoms with Crippen LogP contribution in [-0.4, -0.2) is 47.6 Å². The van der Waals surface area contributed by atoms with Gasteiger partial charge in [0.2, 0.25) is 6.41 Å². The Balaban J connectivity index is 0.000000430. The number of amides is 3. The Kier molecular flexibility index (Phi) is 18.8. The Hall–Kier alpha value is -4.04. The van der Waals surface area contributed by atoms with E-state index < -0.39 is 11.4 Å². The number of benzene rings is 2. The van der Waals surface area contributed by atoms with E-state index in [0.29, 0.717) is 40.7 Å². The molecule has 1 aliphatic heterocycles. The van der Waals surface area contributed by atoms with Crippen LogP contribution in [0.5, 0.6) is 0 Å². The fraction of sp³-hybridized carbons (Fsp3) is 0.429. The number of nitrogens with two attached hydrogens (primary N) is 1. The van der Waals surface area contributed by atoms with Gasteiger partial charge >= 0.3 is 6.03 Å². The van der Waals surface area contributed by atoms with Crippen molar-refractivity contribution in [2.45, 2.75) is 71.8 Å². The van der Waals surface area contributed by atoms with Crippen molar-refractivity contribution < 1.29 is 19.1 Å². The zero-order valence-electron chi connectivity index (χ0n) is 27.5. The largest absolute Gasteiger partial charge is 0.400 e. The summed E-state index contributed by atoms with van der Waals surface area (Å²) in [5.41, 5.74) is 8.13. The SMILES string of the molecule is CC.CC.CO.N#Cc1cccc(C(N)(CCC2CC2)c2ccc(F)c(NC=O)c2)c1.O=C(Nc1ccc(Cl)cn1)N1CCCC1. The summed E-state index contributed by atoms with van der Waals surface area (Å²) >= 11 is 5.69. The van der Waals surface area contributed by atoms with Crippen molar-refractivity contribution >= 4 is 35.5 Å². The third-order valence-corrected chi connectivity index (χ3v) is 7.43. The maximum absolute atomic E-state index is 13.9. The number of aromatic nitrogens is 1. The molecule has 1 saturated heterocycles. The first kappa shape index (κ1) is 40.0. The van der Waals surface area contributed by atoms with E-state index in [0.717, 1.165) is 45.0 Å². The number of halogens is 2. The summed E-state index contributed by atoms with van der Waals surface area (Å²) in [4.78, 5) is 28.1.